The summed E-state index contributed by atoms with van der Waals surface area (Å²) in [5.74, 6) is -0.429. The number of esters is 1. The Bertz CT molecular complexity index is 778. The summed E-state index contributed by atoms with van der Waals surface area (Å²) in [7, 11) is 0. The predicted octanol–water partition coefficient (Wildman–Crippen LogP) is 2.60. The summed E-state index contributed by atoms with van der Waals surface area (Å²) in [6, 6.07) is 8.58. The molecule has 0 aliphatic rings. The summed E-state index contributed by atoms with van der Waals surface area (Å²) in [5, 5.41) is 8.77. The molecule has 0 aliphatic heterocycles. The summed E-state index contributed by atoms with van der Waals surface area (Å²) in [6.45, 7) is 1.32. The molecule has 0 fully saturated rings. The number of anilines is 2. The lowest BCUT2D eigenvalue weighted by molar-refractivity contribution is -0.144. The Labute approximate surface area is 162 Å². The number of benzene rings is 1. The Morgan fingerprint density at radius 1 is 1.15 bits per heavy atom. The van der Waals surface area contributed by atoms with Crippen LogP contribution < -0.4 is 10.6 Å². The van der Waals surface area contributed by atoms with Crippen LogP contribution in [0.4, 0.5) is 11.5 Å². The van der Waals surface area contributed by atoms with E-state index in [1.54, 1.807) is 37.3 Å². The molecule has 0 bridgehead atoms. The number of hydrogen-bond acceptors (Lipinski definition) is 7. The van der Waals surface area contributed by atoms with E-state index in [-0.39, 0.29) is 24.0 Å². The third-order valence-electron chi connectivity index (χ3n) is 2.84. The van der Waals surface area contributed by atoms with E-state index >= 15 is 0 Å². The minimum atomic E-state index is -0.578. The standard InChI is InChI=1S/C16H16BrN3O5S/c1-10-6-13(20-25-10)19-15(22)8-26-9-16(23)24-7-14(21)18-12-4-2-11(17)3-5-12/h2-6H,7-9H2,1H3,(H,18,21)(H,19,20,22). The zero-order valence-electron chi connectivity index (χ0n) is 13.8. The molecule has 0 radical (unpaired) electrons. The zero-order valence-corrected chi connectivity index (χ0v) is 16.2. The number of amides is 2. The molecule has 0 saturated carbocycles. The Morgan fingerprint density at radius 2 is 1.88 bits per heavy atom. The highest BCUT2D eigenvalue weighted by Gasteiger charge is 2.11. The van der Waals surface area contributed by atoms with Crippen LogP contribution in [0.3, 0.4) is 0 Å². The molecule has 2 rings (SSSR count). The number of carbonyl (C=O) groups is 3. The first-order valence-electron chi connectivity index (χ1n) is 7.44. The predicted molar refractivity (Wildman–Crippen MR) is 101 cm³/mol. The highest BCUT2D eigenvalue weighted by Crippen LogP contribution is 2.14. The quantitative estimate of drug-likeness (QED) is 0.605. The fourth-order valence-corrected chi connectivity index (χ4v) is 2.62. The number of aromatic nitrogens is 1. The van der Waals surface area contributed by atoms with Gasteiger partial charge in [0.25, 0.3) is 5.91 Å². The monoisotopic (exact) mass is 441 g/mol. The molecule has 2 amide bonds. The maximum absolute atomic E-state index is 11.7. The number of hydrogen-bond donors (Lipinski definition) is 2. The molecule has 0 spiro atoms. The largest absolute Gasteiger partial charge is 0.455 e. The van der Waals surface area contributed by atoms with Crippen LogP contribution in [0.25, 0.3) is 0 Å². The molecule has 1 heterocycles. The van der Waals surface area contributed by atoms with Gasteiger partial charge >= 0.3 is 5.97 Å². The third-order valence-corrected chi connectivity index (χ3v) is 4.28. The van der Waals surface area contributed by atoms with Gasteiger partial charge in [0.05, 0.1) is 11.5 Å². The average Bonchev–Trinajstić information content (AvgIpc) is 3.00. The van der Waals surface area contributed by atoms with Crippen molar-refractivity contribution < 1.29 is 23.6 Å². The first-order valence-corrected chi connectivity index (χ1v) is 9.39. The van der Waals surface area contributed by atoms with Gasteiger partial charge in [-0.05, 0) is 31.2 Å². The Morgan fingerprint density at radius 3 is 2.54 bits per heavy atom. The molecule has 1 aromatic carbocycles. The lowest BCUT2D eigenvalue weighted by atomic mass is 10.3. The maximum Gasteiger partial charge on any atom is 0.316 e. The second-order valence-electron chi connectivity index (χ2n) is 5.08. The van der Waals surface area contributed by atoms with Gasteiger partial charge in [0, 0.05) is 16.2 Å². The molecule has 0 aliphatic carbocycles. The number of thioether (sulfide) groups is 1. The number of ether oxygens (including phenoxy) is 1. The smallest absolute Gasteiger partial charge is 0.316 e. The van der Waals surface area contributed by atoms with E-state index in [9.17, 15) is 14.4 Å². The van der Waals surface area contributed by atoms with Crippen LogP contribution in [0.5, 0.6) is 0 Å². The van der Waals surface area contributed by atoms with Crippen LogP contribution in [0.2, 0.25) is 0 Å². The van der Waals surface area contributed by atoms with Gasteiger partial charge in [-0.3, -0.25) is 14.4 Å². The van der Waals surface area contributed by atoms with Crippen molar-refractivity contribution in [3.05, 3.63) is 40.6 Å². The van der Waals surface area contributed by atoms with E-state index in [0.29, 0.717) is 17.3 Å². The van der Waals surface area contributed by atoms with E-state index in [2.05, 4.69) is 31.7 Å². The molecule has 0 atom stereocenters. The van der Waals surface area contributed by atoms with Gasteiger partial charge in [0.1, 0.15) is 5.76 Å². The van der Waals surface area contributed by atoms with Crippen LogP contribution in [0, 0.1) is 6.92 Å². The topological polar surface area (TPSA) is 111 Å². The number of rotatable bonds is 8. The van der Waals surface area contributed by atoms with Crippen LogP contribution in [0.15, 0.2) is 39.3 Å². The number of nitrogens with one attached hydrogen (secondary N) is 2. The second kappa shape index (κ2) is 9.97. The molecule has 26 heavy (non-hydrogen) atoms. The highest BCUT2D eigenvalue weighted by molar-refractivity contribution is 9.10. The molecule has 0 saturated heterocycles. The summed E-state index contributed by atoms with van der Waals surface area (Å²) in [5.41, 5.74) is 0.600. The number of carbonyl (C=O) groups excluding carboxylic acids is 3. The van der Waals surface area contributed by atoms with Gasteiger partial charge < -0.3 is 19.9 Å². The first-order chi connectivity index (χ1) is 12.4. The van der Waals surface area contributed by atoms with Gasteiger partial charge in [-0.1, -0.05) is 21.1 Å². The summed E-state index contributed by atoms with van der Waals surface area (Å²) in [6.07, 6.45) is 0. The molecule has 8 nitrogen and oxygen atoms in total. The lowest BCUT2D eigenvalue weighted by Crippen LogP contribution is -2.22. The Balaban J connectivity index is 1.60. The van der Waals surface area contributed by atoms with Crippen molar-refractivity contribution in [2.45, 2.75) is 6.92 Å². The van der Waals surface area contributed by atoms with Crippen LogP contribution in [0.1, 0.15) is 5.76 Å². The SMILES string of the molecule is Cc1cc(NC(=O)CSCC(=O)OCC(=O)Nc2ccc(Br)cc2)no1. The number of nitrogens with zero attached hydrogens (tertiary/aromatic N) is 1. The molecular formula is C16H16BrN3O5S. The molecule has 2 aromatic rings. The number of aryl methyl sites for hydroxylation is 1. The summed E-state index contributed by atoms with van der Waals surface area (Å²) < 4.78 is 10.6. The van der Waals surface area contributed by atoms with Gasteiger partial charge in [0.2, 0.25) is 5.91 Å². The molecule has 2 N–H and O–H groups in total. The van der Waals surface area contributed by atoms with Crippen molar-refractivity contribution >= 4 is 57.0 Å². The fourth-order valence-electron chi connectivity index (χ4n) is 1.75. The number of halogens is 1. The summed E-state index contributed by atoms with van der Waals surface area (Å²) >= 11 is 4.36. The van der Waals surface area contributed by atoms with E-state index in [4.69, 9.17) is 9.26 Å². The van der Waals surface area contributed by atoms with Crippen molar-refractivity contribution in [3.63, 3.8) is 0 Å². The minimum Gasteiger partial charge on any atom is -0.455 e. The van der Waals surface area contributed by atoms with E-state index < -0.39 is 11.9 Å². The third kappa shape index (κ3) is 7.28. The van der Waals surface area contributed by atoms with Crippen molar-refractivity contribution in [1.29, 1.82) is 0 Å². The van der Waals surface area contributed by atoms with E-state index in [0.717, 1.165) is 16.2 Å². The van der Waals surface area contributed by atoms with Crippen molar-refractivity contribution in [1.82, 2.24) is 5.16 Å². The Hall–Kier alpha value is -2.33. The van der Waals surface area contributed by atoms with E-state index in [1.165, 1.54) is 0 Å². The maximum atomic E-state index is 11.7. The van der Waals surface area contributed by atoms with Crippen molar-refractivity contribution in [2.75, 3.05) is 28.7 Å². The van der Waals surface area contributed by atoms with Crippen LogP contribution >= 0.6 is 27.7 Å². The van der Waals surface area contributed by atoms with Crippen molar-refractivity contribution in [2.24, 2.45) is 0 Å². The van der Waals surface area contributed by atoms with Crippen molar-refractivity contribution in [3.8, 4) is 0 Å². The van der Waals surface area contributed by atoms with E-state index in [1.807, 2.05) is 0 Å². The minimum absolute atomic E-state index is 0.0448. The normalized spacial score (nSPS) is 10.2. The van der Waals surface area contributed by atoms with Gasteiger partial charge in [-0.2, -0.15) is 0 Å². The molecule has 1 aromatic heterocycles. The highest BCUT2D eigenvalue weighted by atomic mass is 79.9. The zero-order chi connectivity index (χ0) is 18.9. The first kappa shape index (κ1) is 20.0. The van der Waals surface area contributed by atoms with Gasteiger partial charge in [-0.15, -0.1) is 11.8 Å². The second-order valence-corrected chi connectivity index (χ2v) is 6.98. The van der Waals surface area contributed by atoms with Gasteiger partial charge in [-0.25, -0.2) is 0 Å². The Kier molecular flexibility index (Phi) is 7.67. The fraction of sp³-hybridized carbons (Fsp3) is 0.250. The summed E-state index contributed by atoms with van der Waals surface area (Å²) in [4.78, 5) is 35.0. The molecule has 138 valence electrons. The average molecular weight is 442 g/mol. The molecular weight excluding hydrogens is 426 g/mol. The molecule has 10 heteroatoms. The molecule has 0 unspecified atom stereocenters. The van der Waals surface area contributed by atoms with Crippen LogP contribution in [-0.4, -0.2) is 41.1 Å². The van der Waals surface area contributed by atoms with Gasteiger partial charge in [0.15, 0.2) is 12.4 Å². The van der Waals surface area contributed by atoms with Crippen LogP contribution in [-0.2, 0) is 19.1 Å². The lowest BCUT2D eigenvalue weighted by Gasteiger charge is -2.06.